The van der Waals surface area contributed by atoms with Crippen LogP contribution in [0, 0.1) is 0 Å². The Labute approximate surface area is 83.3 Å². The summed E-state index contributed by atoms with van der Waals surface area (Å²) in [5.74, 6) is 0. The van der Waals surface area contributed by atoms with Crippen molar-refractivity contribution < 1.29 is 5.11 Å². The molecule has 2 aromatic rings. The normalized spacial score (nSPS) is 10.4. The Kier molecular flexibility index (Phi) is 2.33. The molecule has 0 unspecified atom stereocenters. The molecule has 2 rings (SSSR count). The van der Waals surface area contributed by atoms with E-state index in [2.05, 4.69) is 12.6 Å². The minimum Gasteiger partial charge on any atom is -0.392 e. The lowest BCUT2D eigenvalue weighted by Gasteiger charge is -2.05. The summed E-state index contributed by atoms with van der Waals surface area (Å²) in [6.45, 7) is 3.80. The number of benzene rings is 2. The Morgan fingerprint density at radius 2 is 2.00 bits per heavy atom. The lowest BCUT2D eigenvalue weighted by molar-refractivity contribution is 0.283. The molecule has 1 heteroatoms. The number of fused-ring (bicyclic) bond motifs is 1. The maximum absolute atomic E-state index is 9.22. The van der Waals surface area contributed by atoms with Gasteiger partial charge in [-0.15, -0.1) is 0 Å². The molecule has 0 fully saturated rings. The fourth-order valence-corrected chi connectivity index (χ4v) is 1.66. The fraction of sp³-hybridized carbons (Fsp3) is 0.0769. The molecule has 0 aliphatic rings. The monoisotopic (exact) mass is 184 g/mol. The Morgan fingerprint density at radius 1 is 1.21 bits per heavy atom. The van der Waals surface area contributed by atoms with Gasteiger partial charge in [-0.05, 0) is 34.0 Å². The Bertz CT molecular complexity index is 472. The quantitative estimate of drug-likeness (QED) is 0.760. The van der Waals surface area contributed by atoms with Crippen molar-refractivity contribution in [3.05, 3.63) is 54.1 Å². The standard InChI is InChI=1S/C13H12O/c1-2-10-7-11-5-3-4-6-13(11)12(8-10)9-14/h2-8,14H,1,9H2. The maximum Gasteiger partial charge on any atom is 0.0688 e. The van der Waals surface area contributed by atoms with Crippen LogP contribution in [0.5, 0.6) is 0 Å². The van der Waals surface area contributed by atoms with Crippen LogP contribution in [0.2, 0.25) is 0 Å². The molecule has 0 aliphatic heterocycles. The summed E-state index contributed by atoms with van der Waals surface area (Å²) in [7, 11) is 0. The van der Waals surface area contributed by atoms with Gasteiger partial charge in [-0.2, -0.15) is 0 Å². The minimum absolute atomic E-state index is 0.0716. The first-order valence-corrected chi connectivity index (χ1v) is 4.60. The third kappa shape index (κ3) is 1.42. The smallest absolute Gasteiger partial charge is 0.0688 e. The molecule has 0 saturated carbocycles. The molecule has 2 aromatic carbocycles. The van der Waals surface area contributed by atoms with Gasteiger partial charge in [0.2, 0.25) is 0 Å². The SMILES string of the molecule is C=Cc1cc(CO)c2ccccc2c1. The zero-order valence-corrected chi connectivity index (χ0v) is 7.90. The first-order valence-electron chi connectivity index (χ1n) is 4.60. The third-order valence-corrected chi connectivity index (χ3v) is 2.38. The zero-order chi connectivity index (χ0) is 9.97. The lowest BCUT2D eigenvalue weighted by Crippen LogP contribution is -1.87. The van der Waals surface area contributed by atoms with Crippen LogP contribution in [0.3, 0.4) is 0 Å². The number of rotatable bonds is 2. The van der Waals surface area contributed by atoms with Gasteiger partial charge in [0.15, 0.2) is 0 Å². The van der Waals surface area contributed by atoms with Crippen LogP contribution in [0.15, 0.2) is 43.0 Å². The average Bonchev–Trinajstić information content (AvgIpc) is 2.27. The van der Waals surface area contributed by atoms with E-state index >= 15 is 0 Å². The molecule has 0 saturated heterocycles. The van der Waals surface area contributed by atoms with Crippen molar-refractivity contribution in [1.82, 2.24) is 0 Å². The van der Waals surface area contributed by atoms with Gasteiger partial charge >= 0.3 is 0 Å². The van der Waals surface area contributed by atoms with Gasteiger partial charge in [0.1, 0.15) is 0 Å². The van der Waals surface area contributed by atoms with E-state index in [1.807, 2.05) is 30.3 Å². The van der Waals surface area contributed by atoms with E-state index < -0.39 is 0 Å². The summed E-state index contributed by atoms with van der Waals surface area (Å²) in [6, 6.07) is 12.1. The molecule has 14 heavy (non-hydrogen) atoms. The van der Waals surface area contributed by atoms with Gasteiger partial charge in [-0.3, -0.25) is 0 Å². The summed E-state index contributed by atoms with van der Waals surface area (Å²) < 4.78 is 0. The highest BCUT2D eigenvalue weighted by Gasteiger charge is 2.00. The molecule has 0 atom stereocenters. The van der Waals surface area contributed by atoms with Gasteiger partial charge < -0.3 is 5.11 Å². The number of hydrogen-bond acceptors (Lipinski definition) is 1. The molecule has 0 aromatic heterocycles. The van der Waals surface area contributed by atoms with Crippen LogP contribution < -0.4 is 0 Å². The molecule has 0 radical (unpaired) electrons. The van der Waals surface area contributed by atoms with E-state index in [9.17, 15) is 5.11 Å². The molecule has 0 spiro atoms. The van der Waals surface area contributed by atoms with E-state index in [-0.39, 0.29) is 6.61 Å². The van der Waals surface area contributed by atoms with E-state index in [1.165, 1.54) is 0 Å². The van der Waals surface area contributed by atoms with Crippen molar-refractivity contribution >= 4 is 16.8 Å². The second kappa shape index (κ2) is 3.64. The second-order valence-corrected chi connectivity index (χ2v) is 3.26. The van der Waals surface area contributed by atoms with E-state index in [1.54, 1.807) is 6.08 Å². The number of hydrogen-bond donors (Lipinski definition) is 1. The molecule has 1 N–H and O–H groups in total. The number of aliphatic hydroxyl groups is 1. The highest BCUT2D eigenvalue weighted by Crippen LogP contribution is 2.21. The van der Waals surface area contributed by atoms with Crippen LogP contribution >= 0.6 is 0 Å². The van der Waals surface area contributed by atoms with Crippen molar-refractivity contribution in [2.75, 3.05) is 0 Å². The number of aliphatic hydroxyl groups excluding tert-OH is 1. The minimum atomic E-state index is 0.0716. The maximum atomic E-state index is 9.22. The second-order valence-electron chi connectivity index (χ2n) is 3.26. The molecule has 1 nitrogen and oxygen atoms in total. The molecular weight excluding hydrogens is 172 g/mol. The van der Waals surface area contributed by atoms with Crippen LogP contribution in [0.4, 0.5) is 0 Å². The van der Waals surface area contributed by atoms with Crippen molar-refractivity contribution in [2.24, 2.45) is 0 Å². The van der Waals surface area contributed by atoms with E-state index in [0.29, 0.717) is 0 Å². The molecular formula is C13H12O. The molecule has 0 amide bonds. The van der Waals surface area contributed by atoms with Gasteiger partial charge in [-0.25, -0.2) is 0 Å². The molecule has 0 heterocycles. The van der Waals surface area contributed by atoms with Crippen molar-refractivity contribution in [2.45, 2.75) is 6.61 Å². The fourth-order valence-electron chi connectivity index (χ4n) is 1.66. The first-order chi connectivity index (χ1) is 6.85. The summed E-state index contributed by atoms with van der Waals surface area (Å²) in [4.78, 5) is 0. The van der Waals surface area contributed by atoms with Gasteiger partial charge in [0.25, 0.3) is 0 Å². The lowest BCUT2D eigenvalue weighted by atomic mass is 10.0. The molecule has 0 bridgehead atoms. The Morgan fingerprint density at radius 3 is 2.71 bits per heavy atom. The van der Waals surface area contributed by atoms with Crippen LogP contribution in [0.25, 0.3) is 16.8 Å². The average molecular weight is 184 g/mol. The highest BCUT2D eigenvalue weighted by atomic mass is 16.3. The van der Waals surface area contributed by atoms with Gasteiger partial charge in [-0.1, -0.05) is 36.9 Å². The van der Waals surface area contributed by atoms with E-state index in [0.717, 1.165) is 21.9 Å². The summed E-state index contributed by atoms with van der Waals surface area (Å²) >= 11 is 0. The predicted octanol–water partition coefficient (Wildman–Crippen LogP) is 2.98. The van der Waals surface area contributed by atoms with Crippen LogP contribution in [-0.2, 0) is 6.61 Å². The first kappa shape index (κ1) is 8.97. The summed E-state index contributed by atoms with van der Waals surface area (Å²) in [5, 5.41) is 11.5. The summed E-state index contributed by atoms with van der Waals surface area (Å²) in [5.41, 5.74) is 2.01. The third-order valence-electron chi connectivity index (χ3n) is 2.38. The van der Waals surface area contributed by atoms with Crippen molar-refractivity contribution in [3.8, 4) is 0 Å². The Balaban J connectivity index is 2.79. The topological polar surface area (TPSA) is 20.2 Å². The van der Waals surface area contributed by atoms with Crippen molar-refractivity contribution in [3.63, 3.8) is 0 Å². The van der Waals surface area contributed by atoms with Gasteiger partial charge in [0.05, 0.1) is 6.61 Å². The Hall–Kier alpha value is -1.60. The molecule has 70 valence electrons. The molecule has 0 aliphatic carbocycles. The summed E-state index contributed by atoms with van der Waals surface area (Å²) in [6.07, 6.45) is 1.80. The zero-order valence-electron chi connectivity index (χ0n) is 7.90. The highest BCUT2D eigenvalue weighted by molar-refractivity contribution is 5.87. The van der Waals surface area contributed by atoms with Crippen LogP contribution in [0.1, 0.15) is 11.1 Å². The van der Waals surface area contributed by atoms with Crippen LogP contribution in [-0.4, -0.2) is 5.11 Å². The van der Waals surface area contributed by atoms with Gasteiger partial charge in [0, 0.05) is 0 Å². The van der Waals surface area contributed by atoms with Crippen molar-refractivity contribution in [1.29, 1.82) is 0 Å². The largest absolute Gasteiger partial charge is 0.392 e. The van der Waals surface area contributed by atoms with E-state index in [4.69, 9.17) is 0 Å². The predicted molar refractivity (Wildman–Crippen MR) is 60.0 cm³/mol.